The number of amides is 2. The van der Waals surface area contributed by atoms with E-state index in [2.05, 4.69) is 54.8 Å². The lowest BCUT2D eigenvalue weighted by molar-refractivity contribution is -0.135. The van der Waals surface area contributed by atoms with Crippen molar-refractivity contribution in [2.45, 2.75) is 39.2 Å². The number of rotatable bonds is 13. The Morgan fingerprint density at radius 2 is 1.95 bits per heavy atom. The standard InChI is InChI=1S/C29H40N10O2/c1-7-14-30-26-22(18-33-29(36-26)35-24-17-23-19-34-39(6)27(23)32-20-24)12-9-8-10-15-31-28(41)21(2)38(5)25(40)13-11-16-37(3)4/h11,13,17-21H,7-8,10,14-16H2,1-6H3,(H,31,41)(H2,30,33,35,36)/b13-11+/t21-/m0/s1. The number of hydrogen-bond acceptors (Lipinski definition) is 9. The average Bonchev–Trinajstić information content (AvgIpc) is 3.32. The van der Waals surface area contributed by atoms with E-state index < -0.39 is 6.04 Å². The number of nitrogens with one attached hydrogen (secondary N) is 3. The molecular formula is C29H40N10O2. The highest BCUT2D eigenvalue weighted by Gasteiger charge is 2.20. The van der Waals surface area contributed by atoms with Gasteiger partial charge in [-0.15, -0.1) is 0 Å². The summed E-state index contributed by atoms with van der Waals surface area (Å²) in [5.74, 6) is 6.98. The molecule has 0 bridgehead atoms. The quantitative estimate of drug-likeness (QED) is 0.164. The molecule has 12 nitrogen and oxygen atoms in total. The Balaban J connectivity index is 1.52. The summed E-state index contributed by atoms with van der Waals surface area (Å²) in [5.41, 5.74) is 2.26. The molecule has 3 aromatic rings. The number of carbonyl (C=O) groups is 2. The number of nitrogens with zero attached hydrogens (tertiary/aromatic N) is 7. The maximum absolute atomic E-state index is 12.5. The monoisotopic (exact) mass is 560 g/mol. The second kappa shape index (κ2) is 15.3. The Morgan fingerprint density at radius 1 is 1.15 bits per heavy atom. The van der Waals surface area contributed by atoms with E-state index in [0.29, 0.717) is 43.3 Å². The molecule has 0 fully saturated rings. The molecule has 3 N–H and O–H groups in total. The second-order valence-corrected chi connectivity index (χ2v) is 9.90. The van der Waals surface area contributed by atoms with Crippen LogP contribution >= 0.6 is 0 Å². The Kier molecular flexibility index (Phi) is 11.6. The predicted molar refractivity (Wildman–Crippen MR) is 162 cm³/mol. The van der Waals surface area contributed by atoms with Crippen molar-refractivity contribution in [2.75, 3.05) is 51.4 Å². The highest BCUT2D eigenvalue weighted by atomic mass is 16.2. The van der Waals surface area contributed by atoms with Gasteiger partial charge >= 0.3 is 0 Å². The zero-order valence-electron chi connectivity index (χ0n) is 24.7. The number of likely N-dealkylation sites (N-methyl/N-ethyl adjacent to an activating group) is 2. The summed E-state index contributed by atoms with van der Waals surface area (Å²) >= 11 is 0. The van der Waals surface area contributed by atoms with Crippen LogP contribution in [0.25, 0.3) is 11.0 Å². The van der Waals surface area contributed by atoms with Gasteiger partial charge < -0.3 is 25.8 Å². The van der Waals surface area contributed by atoms with E-state index in [-0.39, 0.29) is 11.8 Å². The lowest BCUT2D eigenvalue weighted by Gasteiger charge is -2.23. The fraction of sp³-hybridized carbons (Fsp3) is 0.448. The van der Waals surface area contributed by atoms with Crippen LogP contribution in [0.4, 0.5) is 17.5 Å². The number of aromatic nitrogens is 5. The zero-order valence-corrected chi connectivity index (χ0v) is 24.7. The highest BCUT2D eigenvalue weighted by molar-refractivity contribution is 5.92. The second-order valence-electron chi connectivity index (χ2n) is 9.90. The van der Waals surface area contributed by atoms with Crippen molar-refractivity contribution in [2.24, 2.45) is 7.05 Å². The van der Waals surface area contributed by atoms with E-state index in [0.717, 1.165) is 29.7 Å². The Hall–Kier alpha value is -4.50. The number of unbranched alkanes of at least 4 members (excludes halogenated alkanes) is 1. The molecule has 0 aromatic carbocycles. The molecule has 0 unspecified atom stereocenters. The van der Waals surface area contributed by atoms with Crippen molar-refractivity contribution < 1.29 is 9.59 Å². The van der Waals surface area contributed by atoms with Gasteiger partial charge in [-0.25, -0.2) is 9.97 Å². The van der Waals surface area contributed by atoms with Crippen molar-refractivity contribution in [3.05, 3.63) is 42.4 Å². The first-order valence-electron chi connectivity index (χ1n) is 13.7. The average molecular weight is 561 g/mol. The van der Waals surface area contributed by atoms with Crippen LogP contribution in [0.1, 0.15) is 38.7 Å². The largest absolute Gasteiger partial charge is 0.369 e. The van der Waals surface area contributed by atoms with Gasteiger partial charge in [-0.05, 0) is 39.9 Å². The van der Waals surface area contributed by atoms with Gasteiger partial charge in [0.1, 0.15) is 11.9 Å². The molecule has 0 aliphatic carbocycles. The Morgan fingerprint density at radius 3 is 2.71 bits per heavy atom. The van der Waals surface area contributed by atoms with Gasteiger partial charge in [-0.2, -0.15) is 10.1 Å². The summed E-state index contributed by atoms with van der Waals surface area (Å²) in [6, 6.07) is 1.38. The number of pyridine rings is 1. The molecule has 3 rings (SSSR count). The van der Waals surface area contributed by atoms with Crippen molar-refractivity contribution in [1.29, 1.82) is 0 Å². The normalized spacial score (nSPS) is 11.8. The van der Waals surface area contributed by atoms with Gasteiger partial charge in [0.05, 0.1) is 29.8 Å². The minimum absolute atomic E-state index is 0.199. The number of hydrogen-bond donors (Lipinski definition) is 3. The minimum atomic E-state index is -0.573. The van der Waals surface area contributed by atoms with Gasteiger partial charge in [0.2, 0.25) is 17.8 Å². The van der Waals surface area contributed by atoms with E-state index in [1.807, 2.05) is 32.1 Å². The first-order valence-corrected chi connectivity index (χ1v) is 13.7. The molecule has 0 aliphatic heterocycles. The van der Waals surface area contributed by atoms with Crippen LogP contribution in [0.15, 0.2) is 36.8 Å². The topological polar surface area (TPSA) is 133 Å². The predicted octanol–water partition coefficient (Wildman–Crippen LogP) is 2.54. The molecule has 12 heteroatoms. The molecule has 3 heterocycles. The van der Waals surface area contributed by atoms with E-state index in [4.69, 9.17) is 0 Å². The molecule has 0 spiro atoms. The maximum Gasteiger partial charge on any atom is 0.246 e. The van der Waals surface area contributed by atoms with E-state index in [1.54, 1.807) is 43.3 Å². The molecular weight excluding hydrogens is 520 g/mol. The molecule has 0 saturated heterocycles. The summed E-state index contributed by atoms with van der Waals surface area (Å²) in [6.07, 6.45) is 10.6. The van der Waals surface area contributed by atoms with Crippen molar-refractivity contribution in [1.82, 2.24) is 39.8 Å². The Bertz CT molecular complexity index is 1420. The molecule has 218 valence electrons. The summed E-state index contributed by atoms with van der Waals surface area (Å²) in [4.78, 5) is 41.6. The summed E-state index contributed by atoms with van der Waals surface area (Å²) in [5, 5.41) is 14.6. The van der Waals surface area contributed by atoms with Crippen LogP contribution in [0.2, 0.25) is 0 Å². The fourth-order valence-electron chi connectivity index (χ4n) is 3.70. The van der Waals surface area contributed by atoms with Crippen molar-refractivity contribution >= 4 is 40.3 Å². The molecule has 3 aromatic heterocycles. The number of carbonyl (C=O) groups excluding carboxylic acids is 2. The third-order valence-electron chi connectivity index (χ3n) is 6.20. The number of fused-ring (bicyclic) bond motifs is 1. The number of anilines is 3. The molecule has 1 atom stereocenters. The van der Waals surface area contributed by atoms with Crippen LogP contribution in [-0.2, 0) is 16.6 Å². The lowest BCUT2D eigenvalue weighted by atomic mass is 10.2. The van der Waals surface area contributed by atoms with Crippen LogP contribution in [0.3, 0.4) is 0 Å². The van der Waals surface area contributed by atoms with Crippen LogP contribution < -0.4 is 16.0 Å². The van der Waals surface area contributed by atoms with E-state index in [1.165, 1.54) is 11.0 Å². The van der Waals surface area contributed by atoms with Gasteiger partial charge in [0, 0.05) is 51.6 Å². The van der Waals surface area contributed by atoms with Crippen LogP contribution in [0.5, 0.6) is 0 Å². The smallest absolute Gasteiger partial charge is 0.246 e. The van der Waals surface area contributed by atoms with E-state index >= 15 is 0 Å². The minimum Gasteiger partial charge on any atom is -0.369 e. The fourth-order valence-corrected chi connectivity index (χ4v) is 3.70. The first-order chi connectivity index (χ1) is 19.7. The van der Waals surface area contributed by atoms with Crippen LogP contribution in [0, 0.1) is 11.8 Å². The first kappa shape index (κ1) is 31.0. The molecule has 0 aliphatic rings. The van der Waals surface area contributed by atoms with Gasteiger partial charge in [-0.3, -0.25) is 14.3 Å². The van der Waals surface area contributed by atoms with Gasteiger partial charge in [0.25, 0.3) is 0 Å². The lowest BCUT2D eigenvalue weighted by Crippen LogP contribution is -2.45. The molecule has 0 radical (unpaired) electrons. The summed E-state index contributed by atoms with van der Waals surface area (Å²) in [7, 11) is 7.32. The van der Waals surface area contributed by atoms with Crippen molar-refractivity contribution in [3.8, 4) is 11.8 Å². The third-order valence-corrected chi connectivity index (χ3v) is 6.20. The van der Waals surface area contributed by atoms with Crippen LogP contribution in [-0.4, -0.2) is 93.2 Å². The molecule has 41 heavy (non-hydrogen) atoms. The molecule has 2 amide bonds. The molecule has 0 saturated carbocycles. The van der Waals surface area contributed by atoms with Gasteiger partial charge in [0.15, 0.2) is 5.65 Å². The third kappa shape index (κ3) is 9.29. The summed E-state index contributed by atoms with van der Waals surface area (Å²) in [6.45, 7) is 5.67. The number of aryl methyl sites for hydroxylation is 1. The SMILES string of the molecule is CCCNc1nc(Nc2cnc3c(cnn3C)c2)ncc1C#CCCCNC(=O)[C@H](C)N(C)C(=O)/C=C/CN(C)C. The highest BCUT2D eigenvalue weighted by Crippen LogP contribution is 2.20. The zero-order chi connectivity index (χ0) is 29.8. The van der Waals surface area contributed by atoms with Crippen molar-refractivity contribution in [3.63, 3.8) is 0 Å². The summed E-state index contributed by atoms with van der Waals surface area (Å²) < 4.78 is 1.72. The maximum atomic E-state index is 12.5. The van der Waals surface area contributed by atoms with Gasteiger partial charge in [-0.1, -0.05) is 24.8 Å². The Labute approximate surface area is 241 Å². The van der Waals surface area contributed by atoms with E-state index in [9.17, 15) is 9.59 Å².